The van der Waals surface area contributed by atoms with Crippen molar-refractivity contribution in [3.05, 3.63) is 70.1 Å². The summed E-state index contributed by atoms with van der Waals surface area (Å²) in [6.07, 6.45) is 1.74. The molecule has 150 valence electrons. The van der Waals surface area contributed by atoms with Crippen LogP contribution in [0.2, 0.25) is 0 Å². The minimum atomic E-state index is -0.438. The number of para-hydroxylation sites is 1. The summed E-state index contributed by atoms with van der Waals surface area (Å²) in [4.78, 5) is 26.6. The fourth-order valence-electron chi connectivity index (χ4n) is 2.72. The van der Waals surface area contributed by atoms with Crippen molar-refractivity contribution in [3.63, 3.8) is 0 Å². The van der Waals surface area contributed by atoms with E-state index in [1.165, 1.54) is 17.3 Å². The van der Waals surface area contributed by atoms with E-state index in [9.17, 15) is 9.59 Å². The molecule has 5 nitrogen and oxygen atoms in total. The number of hydrogen-bond donors (Lipinski definition) is 0. The van der Waals surface area contributed by atoms with Crippen molar-refractivity contribution in [1.82, 2.24) is 4.90 Å². The van der Waals surface area contributed by atoms with E-state index in [1.807, 2.05) is 43.3 Å². The number of rotatable bonds is 7. The molecule has 0 unspecified atom stereocenters. The Morgan fingerprint density at radius 3 is 2.62 bits per heavy atom. The van der Waals surface area contributed by atoms with Gasteiger partial charge in [0, 0.05) is 5.56 Å². The number of thioether (sulfide) groups is 1. The van der Waals surface area contributed by atoms with Gasteiger partial charge in [0.25, 0.3) is 5.91 Å². The third kappa shape index (κ3) is 5.46. The van der Waals surface area contributed by atoms with Crippen LogP contribution in [0.15, 0.2) is 53.4 Å². The molecule has 1 heterocycles. The summed E-state index contributed by atoms with van der Waals surface area (Å²) in [6.45, 7) is 4.31. The van der Waals surface area contributed by atoms with Crippen molar-refractivity contribution in [2.45, 2.75) is 20.4 Å². The first-order chi connectivity index (χ1) is 14.0. The predicted molar refractivity (Wildman–Crippen MR) is 118 cm³/mol. The summed E-state index contributed by atoms with van der Waals surface area (Å²) in [6, 6.07) is 15.2. The first-order valence-electron chi connectivity index (χ1n) is 9.16. The van der Waals surface area contributed by atoms with Crippen molar-refractivity contribution in [3.8, 4) is 5.75 Å². The molecule has 29 heavy (non-hydrogen) atoms. The van der Waals surface area contributed by atoms with Crippen molar-refractivity contribution >= 4 is 46.3 Å². The highest BCUT2D eigenvalue weighted by atomic mass is 32.2. The lowest BCUT2D eigenvalue weighted by Gasteiger charge is -2.14. The van der Waals surface area contributed by atoms with Crippen LogP contribution in [0.25, 0.3) is 6.08 Å². The average Bonchev–Trinajstić information content (AvgIpc) is 2.96. The molecule has 0 radical (unpaired) electrons. The van der Waals surface area contributed by atoms with Crippen LogP contribution >= 0.6 is 24.0 Å². The van der Waals surface area contributed by atoms with Gasteiger partial charge in [0.1, 0.15) is 10.1 Å². The standard InChI is InChI=1S/C22H21NO4S2/c1-3-26-20(24)14-27-18-7-5-4-6-17(18)12-19-21(25)23(22(28)29-19)13-16-10-8-15(2)9-11-16/h4-12H,3,13-14H2,1-2H3/b19-12-. The Morgan fingerprint density at radius 1 is 1.17 bits per heavy atom. The molecule has 0 aliphatic carbocycles. The summed E-state index contributed by atoms with van der Waals surface area (Å²) in [5, 5.41) is 0. The van der Waals surface area contributed by atoms with Crippen LogP contribution in [-0.2, 0) is 20.9 Å². The molecule has 1 amide bonds. The van der Waals surface area contributed by atoms with Crippen molar-refractivity contribution < 1.29 is 19.1 Å². The molecular weight excluding hydrogens is 406 g/mol. The van der Waals surface area contributed by atoms with E-state index in [4.69, 9.17) is 21.7 Å². The zero-order valence-corrected chi connectivity index (χ0v) is 17.8. The van der Waals surface area contributed by atoms with Crippen LogP contribution < -0.4 is 4.74 Å². The second kappa shape index (κ2) is 9.71. The molecule has 1 aliphatic rings. The van der Waals surface area contributed by atoms with Crippen LogP contribution in [0.4, 0.5) is 0 Å². The summed E-state index contributed by atoms with van der Waals surface area (Å²) >= 11 is 6.68. The van der Waals surface area contributed by atoms with Gasteiger partial charge in [-0.2, -0.15) is 0 Å². The lowest BCUT2D eigenvalue weighted by Crippen LogP contribution is -2.27. The molecule has 0 saturated carbocycles. The highest BCUT2D eigenvalue weighted by Gasteiger charge is 2.32. The van der Waals surface area contributed by atoms with Crippen LogP contribution in [0.1, 0.15) is 23.6 Å². The fraction of sp³-hybridized carbons (Fsp3) is 0.227. The molecule has 0 N–H and O–H groups in total. The van der Waals surface area contributed by atoms with Crippen molar-refractivity contribution in [2.24, 2.45) is 0 Å². The number of esters is 1. The molecule has 1 saturated heterocycles. The number of carbonyl (C=O) groups excluding carboxylic acids is 2. The molecule has 7 heteroatoms. The number of amides is 1. The first-order valence-corrected chi connectivity index (χ1v) is 10.4. The van der Waals surface area contributed by atoms with Gasteiger partial charge >= 0.3 is 5.97 Å². The minimum Gasteiger partial charge on any atom is -0.481 e. The summed E-state index contributed by atoms with van der Waals surface area (Å²) in [7, 11) is 0. The van der Waals surface area contributed by atoms with E-state index >= 15 is 0 Å². The van der Waals surface area contributed by atoms with Crippen molar-refractivity contribution in [2.75, 3.05) is 13.2 Å². The maximum Gasteiger partial charge on any atom is 0.344 e. The lowest BCUT2D eigenvalue weighted by molar-refractivity contribution is -0.145. The molecule has 0 spiro atoms. The fourth-order valence-corrected chi connectivity index (χ4v) is 3.97. The molecule has 1 aliphatic heterocycles. The maximum atomic E-state index is 12.9. The van der Waals surface area contributed by atoms with Crippen LogP contribution in [0, 0.1) is 6.92 Å². The highest BCUT2D eigenvalue weighted by molar-refractivity contribution is 8.26. The molecule has 2 aromatic carbocycles. The average molecular weight is 428 g/mol. The van der Waals surface area contributed by atoms with E-state index in [2.05, 4.69) is 0 Å². The third-order valence-electron chi connectivity index (χ3n) is 4.19. The Labute approximate surface area is 179 Å². The summed E-state index contributed by atoms with van der Waals surface area (Å²) in [5.41, 5.74) is 2.89. The Balaban J connectivity index is 1.75. The van der Waals surface area contributed by atoms with Gasteiger partial charge in [-0.05, 0) is 31.6 Å². The SMILES string of the molecule is CCOC(=O)COc1ccccc1/C=C1\SC(=S)N(Cc2ccc(C)cc2)C1=O. The highest BCUT2D eigenvalue weighted by Crippen LogP contribution is 2.35. The van der Waals surface area contributed by atoms with E-state index in [-0.39, 0.29) is 12.5 Å². The summed E-state index contributed by atoms with van der Waals surface area (Å²) in [5.74, 6) is -0.0724. The van der Waals surface area contributed by atoms with Crippen LogP contribution in [-0.4, -0.2) is 34.3 Å². The van der Waals surface area contributed by atoms with Gasteiger partial charge in [0.05, 0.1) is 18.1 Å². The zero-order valence-electron chi connectivity index (χ0n) is 16.2. The number of thiocarbonyl (C=S) groups is 1. The first kappa shape index (κ1) is 21.1. The number of ether oxygens (including phenoxy) is 2. The molecule has 0 aromatic heterocycles. The van der Waals surface area contributed by atoms with Crippen LogP contribution in [0.5, 0.6) is 5.75 Å². The van der Waals surface area contributed by atoms with Gasteiger partial charge in [0.15, 0.2) is 6.61 Å². The molecular formula is C22H21NO4S2. The number of benzene rings is 2. The molecule has 2 aromatic rings. The second-order valence-corrected chi connectivity index (χ2v) is 8.06. The smallest absolute Gasteiger partial charge is 0.344 e. The third-order valence-corrected chi connectivity index (χ3v) is 5.57. The predicted octanol–water partition coefficient (Wildman–Crippen LogP) is 4.34. The summed E-state index contributed by atoms with van der Waals surface area (Å²) < 4.78 is 11.0. The van der Waals surface area contributed by atoms with Gasteiger partial charge in [-0.15, -0.1) is 0 Å². The topological polar surface area (TPSA) is 55.8 Å². The van der Waals surface area contributed by atoms with Gasteiger partial charge in [-0.25, -0.2) is 4.79 Å². The van der Waals surface area contributed by atoms with E-state index in [1.54, 1.807) is 30.0 Å². The molecule has 0 atom stereocenters. The largest absolute Gasteiger partial charge is 0.481 e. The Morgan fingerprint density at radius 2 is 1.90 bits per heavy atom. The number of carbonyl (C=O) groups is 2. The number of nitrogens with zero attached hydrogens (tertiary/aromatic N) is 1. The van der Waals surface area contributed by atoms with E-state index in [0.717, 1.165) is 5.56 Å². The lowest BCUT2D eigenvalue weighted by atomic mass is 10.1. The Kier molecular flexibility index (Phi) is 7.06. The molecule has 0 bridgehead atoms. The Bertz CT molecular complexity index is 954. The second-order valence-electron chi connectivity index (χ2n) is 6.38. The number of aryl methyl sites for hydroxylation is 1. The quantitative estimate of drug-likeness (QED) is 0.372. The molecule has 1 fully saturated rings. The minimum absolute atomic E-state index is 0.138. The van der Waals surface area contributed by atoms with E-state index in [0.29, 0.717) is 33.7 Å². The van der Waals surface area contributed by atoms with Gasteiger partial charge in [-0.1, -0.05) is 72.0 Å². The van der Waals surface area contributed by atoms with Gasteiger partial charge in [-0.3, -0.25) is 9.69 Å². The van der Waals surface area contributed by atoms with Gasteiger partial charge < -0.3 is 9.47 Å². The Hall–Kier alpha value is -2.64. The molecule has 3 rings (SSSR count). The van der Waals surface area contributed by atoms with Gasteiger partial charge in [0.2, 0.25) is 0 Å². The zero-order chi connectivity index (χ0) is 20.8. The van der Waals surface area contributed by atoms with Crippen molar-refractivity contribution in [1.29, 1.82) is 0 Å². The maximum absolute atomic E-state index is 12.9. The van der Waals surface area contributed by atoms with Crippen LogP contribution in [0.3, 0.4) is 0 Å². The number of hydrogen-bond acceptors (Lipinski definition) is 6. The monoisotopic (exact) mass is 427 g/mol. The normalized spacial score (nSPS) is 15.1. The van der Waals surface area contributed by atoms with E-state index < -0.39 is 5.97 Å².